The first-order chi connectivity index (χ1) is 14.1. The summed E-state index contributed by atoms with van der Waals surface area (Å²) in [6, 6.07) is 24.6. The van der Waals surface area contributed by atoms with Crippen molar-refractivity contribution in [3.63, 3.8) is 0 Å². The normalized spacial score (nSPS) is 9.44. The van der Waals surface area contributed by atoms with E-state index in [1.54, 1.807) is 0 Å². The molecule has 0 aliphatic rings. The maximum Gasteiger partial charge on any atom is 4.00 e. The number of aryl methyl sites for hydroxylation is 4. The Kier molecular flexibility index (Phi) is 18.6. The number of hydrogen-bond acceptors (Lipinski definition) is 0. The van der Waals surface area contributed by atoms with E-state index >= 15 is 0 Å². The molecule has 4 rings (SSSR count). The molecule has 171 valence electrons. The molecule has 32 heavy (non-hydrogen) atoms. The van der Waals surface area contributed by atoms with Crippen LogP contribution < -0.4 is 24.8 Å². The quantitative estimate of drug-likeness (QED) is 0.264. The van der Waals surface area contributed by atoms with Gasteiger partial charge in [-0.2, -0.15) is 11.1 Å². The molecule has 0 nitrogen and oxygen atoms in total. The summed E-state index contributed by atoms with van der Waals surface area (Å²) in [7, 11) is 0.815. The van der Waals surface area contributed by atoms with Gasteiger partial charge in [-0.05, 0) is 12.8 Å². The summed E-state index contributed by atoms with van der Waals surface area (Å²) >= 11 is 0. The Morgan fingerprint density at radius 3 is 1.22 bits per heavy atom. The Hall–Kier alpha value is -0.660. The first-order valence-electron chi connectivity index (χ1n) is 11.2. The number of halogens is 2. The van der Waals surface area contributed by atoms with E-state index in [0.29, 0.717) is 0 Å². The SMILES string of the molecule is CC[SiH]CC.CCc1[cH-]c2ccccc2c1C.CCc1[cH-]c2ccccc2c1C.[Cl-].[Cl-].[Zr+4]. The Balaban J connectivity index is 0. The first kappa shape index (κ1) is 33.5. The molecule has 1 radical (unpaired) electrons. The van der Waals surface area contributed by atoms with Crippen LogP contribution in [-0.4, -0.2) is 9.52 Å². The van der Waals surface area contributed by atoms with Gasteiger partial charge in [-0.15, -0.1) is 81.2 Å². The van der Waals surface area contributed by atoms with E-state index in [1.807, 2.05) is 0 Å². The standard InChI is InChI=1S/2C12H13.C4H11Si.2ClH.Zr/c2*1-3-10-8-11-6-4-5-7-12(11)9(10)2;1-3-5-4-2;;;/h2*4-8H,3H2,1-2H3;5H,3-4H2,1-2H3;2*1H;/q2*-1;;;;+4/p-2. The van der Waals surface area contributed by atoms with Crippen LogP contribution >= 0.6 is 0 Å². The fraction of sp³-hybridized carbons (Fsp3) is 0.357. The van der Waals surface area contributed by atoms with Crippen LogP contribution in [-0.2, 0) is 39.0 Å². The summed E-state index contributed by atoms with van der Waals surface area (Å²) in [5.74, 6) is 0. The predicted octanol–water partition coefficient (Wildman–Crippen LogP) is 2.16. The minimum absolute atomic E-state index is 0. The Morgan fingerprint density at radius 2 is 0.969 bits per heavy atom. The van der Waals surface area contributed by atoms with Crippen LogP contribution in [0.15, 0.2) is 60.7 Å². The molecular formula is C28H37Cl2SiZr. The van der Waals surface area contributed by atoms with Gasteiger partial charge < -0.3 is 24.8 Å². The van der Waals surface area contributed by atoms with Gasteiger partial charge in [0, 0.05) is 9.52 Å². The van der Waals surface area contributed by atoms with Crippen LogP contribution in [0.3, 0.4) is 0 Å². The molecule has 0 heterocycles. The average molecular weight is 564 g/mol. The van der Waals surface area contributed by atoms with E-state index in [9.17, 15) is 0 Å². The van der Waals surface area contributed by atoms with Crippen molar-refractivity contribution in [2.45, 2.75) is 66.5 Å². The number of fused-ring (bicyclic) bond motifs is 2. The number of rotatable bonds is 4. The van der Waals surface area contributed by atoms with E-state index in [4.69, 9.17) is 0 Å². The molecule has 0 fully saturated rings. The van der Waals surface area contributed by atoms with Gasteiger partial charge in [-0.1, -0.05) is 65.8 Å². The summed E-state index contributed by atoms with van der Waals surface area (Å²) < 4.78 is 0. The second kappa shape index (κ2) is 17.8. The summed E-state index contributed by atoms with van der Waals surface area (Å²) in [6.07, 6.45) is 2.28. The van der Waals surface area contributed by atoms with E-state index in [1.165, 1.54) is 55.9 Å². The van der Waals surface area contributed by atoms with Crippen LogP contribution in [0.2, 0.25) is 12.1 Å². The van der Waals surface area contributed by atoms with E-state index in [2.05, 4.69) is 102 Å². The van der Waals surface area contributed by atoms with E-state index in [-0.39, 0.29) is 51.0 Å². The number of hydrogen-bond donors (Lipinski definition) is 0. The van der Waals surface area contributed by atoms with Crippen molar-refractivity contribution < 1.29 is 51.0 Å². The third kappa shape index (κ3) is 8.94. The van der Waals surface area contributed by atoms with E-state index < -0.39 is 0 Å². The van der Waals surface area contributed by atoms with Gasteiger partial charge in [0.25, 0.3) is 0 Å². The molecule has 0 aliphatic carbocycles. The van der Waals surface area contributed by atoms with Crippen LogP contribution in [0.1, 0.15) is 49.9 Å². The van der Waals surface area contributed by atoms with Crippen molar-refractivity contribution in [2.75, 3.05) is 0 Å². The monoisotopic (exact) mass is 561 g/mol. The van der Waals surface area contributed by atoms with Crippen molar-refractivity contribution in [2.24, 2.45) is 0 Å². The molecule has 4 aromatic rings. The second-order valence-electron chi connectivity index (χ2n) is 7.58. The van der Waals surface area contributed by atoms with Gasteiger partial charge >= 0.3 is 26.2 Å². The molecule has 0 bridgehead atoms. The summed E-state index contributed by atoms with van der Waals surface area (Å²) in [5.41, 5.74) is 5.87. The molecule has 0 spiro atoms. The van der Waals surface area contributed by atoms with Crippen molar-refractivity contribution in [1.29, 1.82) is 0 Å². The van der Waals surface area contributed by atoms with Gasteiger partial charge in [0.15, 0.2) is 0 Å². The molecular weight excluding hydrogens is 527 g/mol. The molecule has 4 heteroatoms. The smallest absolute Gasteiger partial charge is 1.00 e. The third-order valence-corrected chi connectivity index (χ3v) is 6.85. The zero-order valence-electron chi connectivity index (χ0n) is 20.4. The molecule has 0 saturated heterocycles. The molecule has 0 aromatic heterocycles. The molecule has 0 N–H and O–H groups in total. The zero-order chi connectivity index (χ0) is 21.2. The van der Waals surface area contributed by atoms with Gasteiger partial charge in [-0.3, -0.25) is 0 Å². The molecule has 0 atom stereocenters. The molecule has 0 saturated carbocycles. The second-order valence-corrected chi connectivity index (χ2v) is 9.79. The summed E-state index contributed by atoms with van der Waals surface area (Å²) in [5, 5.41) is 5.59. The largest absolute Gasteiger partial charge is 4.00 e. The van der Waals surface area contributed by atoms with Gasteiger partial charge in [0.05, 0.1) is 0 Å². The summed E-state index contributed by atoms with van der Waals surface area (Å²) in [4.78, 5) is 0. The zero-order valence-corrected chi connectivity index (χ0v) is 25.6. The molecule has 0 unspecified atom stereocenters. The number of benzene rings is 2. The Morgan fingerprint density at radius 1 is 0.625 bits per heavy atom. The van der Waals surface area contributed by atoms with Crippen molar-refractivity contribution >= 4 is 31.1 Å². The fourth-order valence-corrected chi connectivity index (χ4v) is 4.47. The predicted molar refractivity (Wildman–Crippen MR) is 135 cm³/mol. The molecule has 4 aromatic carbocycles. The fourth-order valence-electron chi connectivity index (χ4n) is 3.89. The minimum Gasteiger partial charge on any atom is -1.00 e. The van der Waals surface area contributed by atoms with Crippen molar-refractivity contribution in [1.82, 2.24) is 0 Å². The van der Waals surface area contributed by atoms with Crippen LogP contribution in [0.4, 0.5) is 0 Å². The Labute approximate surface area is 230 Å². The summed E-state index contributed by atoms with van der Waals surface area (Å²) in [6.45, 7) is 13.3. The average Bonchev–Trinajstić information content (AvgIpc) is 3.26. The van der Waals surface area contributed by atoms with E-state index in [0.717, 1.165) is 22.4 Å². The van der Waals surface area contributed by atoms with Gasteiger partial charge in [0.1, 0.15) is 0 Å². The maximum atomic E-state index is 2.30. The van der Waals surface area contributed by atoms with Gasteiger partial charge in [0.2, 0.25) is 0 Å². The van der Waals surface area contributed by atoms with Crippen LogP contribution in [0.5, 0.6) is 0 Å². The molecule has 0 aliphatic heterocycles. The van der Waals surface area contributed by atoms with Crippen LogP contribution in [0.25, 0.3) is 21.5 Å². The maximum absolute atomic E-state index is 2.30. The third-order valence-electron chi connectivity index (χ3n) is 5.69. The molecule has 0 amide bonds. The van der Waals surface area contributed by atoms with Crippen molar-refractivity contribution in [3.8, 4) is 0 Å². The first-order valence-corrected chi connectivity index (χ1v) is 12.8. The van der Waals surface area contributed by atoms with Crippen molar-refractivity contribution in [3.05, 3.63) is 82.9 Å². The minimum atomic E-state index is 0. The van der Waals surface area contributed by atoms with Gasteiger partial charge in [-0.25, -0.2) is 0 Å². The Bertz CT molecular complexity index is 935. The van der Waals surface area contributed by atoms with Crippen LogP contribution in [0, 0.1) is 13.8 Å². The topological polar surface area (TPSA) is 0 Å².